The molecule has 0 aliphatic carbocycles. The SMILES string of the molecule is OC1CCC[N-]C1. The maximum absolute atomic E-state index is 8.82. The van der Waals surface area contributed by atoms with E-state index in [-0.39, 0.29) is 6.10 Å². The molecule has 0 radical (unpaired) electrons. The minimum atomic E-state index is -0.131. The number of aliphatic hydroxyl groups excluding tert-OH is 1. The Morgan fingerprint density at radius 3 is 2.71 bits per heavy atom. The van der Waals surface area contributed by atoms with Gasteiger partial charge in [0.1, 0.15) is 0 Å². The number of piperidine rings is 1. The fourth-order valence-electron chi connectivity index (χ4n) is 0.770. The Morgan fingerprint density at radius 2 is 2.43 bits per heavy atom. The van der Waals surface area contributed by atoms with Crippen molar-refractivity contribution in [1.82, 2.24) is 0 Å². The Balaban J connectivity index is 2.12. The Morgan fingerprint density at radius 1 is 1.57 bits per heavy atom. The molecule has 1 aliphatic heterocycles. The van der Waals surface area contributed by atoms with Gasteiger partial charge in [-0.05, 0) is 6.42 Å². The molecule has 1 heterocycles. The topological polar surface area (TPSA) is 34.3 Å². The molecule has 7 heavy (non-hydrogen) atoms. The molecule has 0 spiro atoms. The predicted molar refractivity (Wildman–Crippen MR) is 28.3 cm³/mol. The van der Waals surface area contributed by atoms with Crippen molar-refractivity contribution in [3.8, 4) is 0 Å². The summed E-state index contributed by atoms with van der Waals surface area (Å²) in [6.45, 7) is 1.62. The maximum Gasteiger partial charge on any atom is 0.0352 e. The van der Waals surface area contributed by atoms with E-state index in [1.54, 1.807) is 0 Å². The summed E-state index contributed by atoms with van der Waals surface area (Å²) >= 11 is 0. The van der Waals surface area contributed by atoms with Crippen LogP contribution >= 0.6 is 0 Å². The van der Waals surface area contributed by atoms with E-state index >= 15 is 0 Å². The number of aliphatic hydroxyl groups is 1. The van der Waals surface area contributed by atoms with Crippen LogP contribution in [0.25, 0.3) is 5.32 Å². The van der Waals surface area contributed by atoms with Crippen molar-refractivity contribution in [2.75, 3.05) is 13.1 Å². The summed E-state index contributed by atoms with van der Waals surface area (Å²) in [6, 6.07) is 0. The maximum atomic E-state index is 8.82. The summed E-state index contributed by atoms with van der Waals surface area (Å²) in [5.41, 5.74) is 0. The van der Waals surface area contributed by atoms with E-state index in [1.165, 1.54) is 0 Å². The lowest BCUT2D eigenvalue weighted by Crippen LogP contribution is -2.17. The molecule has 2 nitrogen and oxygen atoms in total. The van der Waals surface area contributed by atoms with Crippen LogP contribution in [0.4, 0.5) is 0 Å². The molecule has 1 fully saturated rings. The van der Waals surface area contributed by atoms with E-state index in [9.17, 15) is 0 Å². The first kappa shape index (κ1) is 5.06. The zero-order valence-electron chi connectivity index (χ0n) is 4.30. The third-order valence-corrected chi connectivity index (χ3v) is 1.19. The highest BCUT2D eigenvalue weighted by molar-refractivity contribution is 4.88. The molecule has 1 saturated heterocycles. The Labute approximate surface area is 43.5 Å². The van der Waals surface area contributed by atoms with Crippen LogP contribution < -0.4 is 0 Å². The first-order valence-electron chi connectivity index (χ1n) is 2.71. The van der Waals surface area contributed by atoms with Crippen LogP contribution in [0.2, 0.25) is 0 Å². The second-order valence-corrected chi connectivity index (χ2v) is 1.93. The minimum Gasteiger partial charge on any atom is -0.660 e. The Hall–Kier alpha value is -0.0800. The van der Waals surface area contributed by atoms with Gasteiger partial charge in [-0.3, -0.25) is 0 Å². The third-order valence-electron chi connectivity index (χ3n) is 1.19. The lowest BCUT2D eigenvalue weighted by Gasteiger charge is -2.28. The van der Waals surface area contributed by atoms with Crippen LogP contribution in [-0.2, 0) is 0 Å². The standard InChI is InChI=1S/C5H10NO/c7-5-2-1-3-6-4-5/h5,7H,1-4H2/q-1. The van der Waals surface area contributed by atoms with Crippen LogP contribution in [0.1, 0.15) is 12.8 Å². The van der Waals surface area contributed by atoms with E-state index in [1.807, 2.05) is 0 Å². The predicted octanol–water partition coefficient (Wildman–Crippen LogP) is 0.515. The molecule has 0 aromatic heterocycles. The first-order chi connectivity index (χ1) is 3.39. The highest BCUT2D eigenvalue weighted by atomic mass is 16.3. The van der Waals surface area contributed by atoms with E-state index in [2.05, 4.69) is 5.32 Å². The van der Waals surface area contributed by atoms with Gasteiger partial charge in [0.05, 0.1) is 0 Å². The van der Waals surface area contributed by atoms with Gasteiger partial charge in [-0.1, -0.05) is 6.42 Å². The smallest absolute Gasteiger partial charge is 0.0352 e. The van der Waals surface area contributed by atoms with E-state index in [0.717, 1.165) is 19.4 Å². The Kier molecular flexibility index (Phi) is 1.65. The average Bonchev–Trinajstić information content (AvgIpc) is 1.69. The van der Waals surface area contributed by atoms with Gasteiger partial charge in [-0.2, -0.15) is 0 Å². The number of rotatable bonds is 0. The number of nitrogens with zero attached hydrogens (tertiary/aromatic N) is 1. The van der Waals surface area contributed by atoms with Crippen molar-refractivity contribution < 1.29 is 5.11 Å². The van der Waals surface area contributed by atoms with Gasteiger partial charge in [0.25, 0.3) is 0 Å². The van der Waals surface area contributed by atoms with Crippen molar-refractivity contribution in [3.05, 3.63) is 5.32 Å². The van der Waals surface area contributed by atoms with Gasteiger partial charge < -0.3 is 10.4 Å². The number of hydrogen-bond donors (Lipinski definition) is 1. The highest BCUT2D eigenvalue weighted by Gasteiger charge is 1.98. The molecule has 1 atom stereocenters. The van der Waals surface area contributed by atoms with Crippen LogP contribution in [0.5, 0.6) is 0 Å². The molecule has 0 aromatic carbocycles. The van der Waals surface area contributed by atoms with Gasteiger partial charge in [0, 0.05) is 6.10 Å². The van der Waals surface area contributed by atoms with Crippen LogP contribution in [0.15, 0.2) is 0 Å². The highest BCUT2D eigenvalue weighted by Crippen LogP contribution is 2.08. The molecule has 0 saturated carbocycles. The van der Waals surface area contributed by atoms with Crippen LogP contribution in [0, 0.1) is 0 Å². The first-order valence-corrected chi connectivity index (χ1v) is 2.71. The van der Waals surface area contributed by atoms with Gasteiger partial charge in [0.15, 0.2) is 0 Å². The molecule has 1 aliphatic rings. The van der Waals surface area contributed by atoms with Gasteiger partial charge in [-0.15, -0.1) is 13.1 Å². The van der Waals surface area contributed by atoms with Crippen molar-refractivity contribution in [2.24, 2.45) is 0 Å². The van der Waals surface area contributed by atoms with E-state index in [0.29, 0.717) is 6.54 Å². The van der Waals surface area contributed by atoms with Gasteiger partial charge in [-0.25, -0.2) is 0 Å². The quantitative estimate of drug-likeness (QED) is 0.473. The average molecular weight is 100 g/mol. The third kappa shape index (κ3) is 1.45. The summed E-state index contributed by atoms with van der Waals surface area (Å²) in [4.78, 5) is 0. The molecular formula is C5H10NO-. The Bertz CT molecular complexity index is 50.0. The van der Waals surface area contributed by atoms with Crippen molar-refractivity contribution >= 4 is 0 Å². The van der Waals surface area contributed by atoms with E-state index in [4.69, 9.17) is 5.11 Å². The molecule has 1 unspecified atom stereocenters. The summed E-state index contributed by atoms with van der Waals surface area (Å²) in [5.74, 6) is 0. The molecule has 0 bridgehead atoms. The second-order valence-electron chi connectivity index (χ2n) is 1.93. The van der Waals surface area contributed by atoms with Gasteiger partial charge >= 0.3 is 0 Å². The number of hydrogen-bond acceptors (Lipinski definition) is 1. The van der Waals surface area contributed by atoms with Crippen molar-refractivity contribution in [1.29, 1.82) is 0 Å². The molecule has 42 valence electrons. The monoisotopic (exact) mass is 100 g/mol. The zero-order chi connectivity index (χ0) is 5.11. The summed E-state index contributed by atoms with van der Waals surface area (Å²) in [5, 5.41) is 12.8. The second kappa shape index (κ2) is 2.28. The largest absolute Gasteiger partial charge is 0.660 e. The van der Waals surface area contributed by atoms with E-state index < -0.39 is 0 Å². The molecular weight excluding hydrogens is 90.1 g/mol. The lowest BCUT2D eigenvalue weighted by molar-refractivity contribution is 0.168. The molecule has 0 amide bonds. The summed E-state index contributed by atoms with van der Waals surface area (Å²) in [6.07, 6.45) is 1.89. The molecule has 0 aromatic rings. The van der Waals surface area contributed by atoms with Crippen molar-refractivity contribution in [2.45, 2.75) is 18.9 Å². The zero-order valence-corrected chi connectivity index (χ0v) is 4.30. The molecule has 1 N–H and O–H groups in total. The van der Waals surface area contributed by atoms with Crippen molar-refractivity contribution in [3.63, 3.8) is 0 Å². The summed E-state index contributed by atoms with van der Waals surface area (Å²) < 4.78 is 0. The van der Waals surface area contributed by atoms with Crippen LogP contribution in [-0.4, -0.2) is 24.3 Å². The lowest BCUT2D eigenvalue weighted by atomic mass is 10.1. The molecule has 2 heteroatoms. The minimum absolute atomic E-state index is 0.131. The molecule has 1 rings (SSSR count). The fourth-order valence-corrected chi connectivity index (χ4v) is 0.770. The normalized spacial score (nSPS) is 33.0. The van der Waals surface area contributed by atoms with Crippen LogP contribution in [0.3, 0.4) is 0 Å². The van der Waals surface area contributed by atoms with Gasteiger partial charge in [0.2, 0.25) is 0 Å². The fraction of sp³-hybridized carbons (Fsp3) is 1.00. The summed E-state index contributed by atoms with van der Waals surface area (Å²) in [7, 11) is 0.